The molecule has 7 heteroatoms. The molecule has 124 valence electrons. The maximum Gasteiger partial charge on any atom is 0.191 e. The SMILES string of the molecule is CCc1nc(CNC(=NC)NCCSc2ccc(Cl)cc2)cs1. The first-order valence-corrected chi connectivity index (χ1v) is 9.71. The lowest BCUT2D eigenvalue weighted by atomic mass is 10.4. The Bertz CT molecular complexity index is 625. The molecular formula is C16H21ClN4S2. The van der Waals surface area contributed by atoms with Crippen molar-refractivity contribution in [3.8, 4) is 0 Å². The summed E-state index contributed by atoms with van der Waals surface area (Å²) in [5.74, 6) is 1.76. The van der Waals surface area contributed by atoms with Crippen LogP contribution in [0.15, 0.2) is 39.5 Å². The predicted molar refractivity (Wildman–Crippen MR) is 102 cm³/mol. The van der Waals surface area contributed by atoms with Gasteiger partial charge in [0, 0.05) is 34.6 Å². The first-order chi connectivity index (χ1) is 11.2. The van der Waals surface area contributed by atoms with Crippen molar-refractivity contribution in [2.24, 2.45) is 4.99 Å². The molecule has 0 amide bonds. The number of hydrogen-bond donors (Lipinski definition) is 2. The van der Waals surface area contributed by atoms with E-state index in [9.17, 15) is 0 Å². The minimum absolute atomic E-state index is 0.695. The van der Waals surface area contributed by atoms with Gasteiger partial charge in [-0.2, -0.15) is 0 Å². The Hall–Kier alpha value is -1.24. The van der Waals surface area contributed by atoms with Crippen molar-refractivity contribution in [1.82, 2.24) is 15.6 Å². The van der Waals surface area contributed by atoms with Gasteiger partial charge in [0.25, 0.3) is 0 Å². The topological polar surface area (TPSA) is 49.3 Å². The largest absolute Gasteiger partial charge is 0.356 e. The van der Waals surface area contributed by atoms with Gasteiger partial charge in [0.2, 0.25) is 0 Å². The third kappa shape index (κ3) is 6.41. The Morgan fingerprint density at radius 3 is 2.74 bits per heavy atom. The van der Waals surface area contributed by atoms with Crippen LogP contribution >= 0.6 is 34.7 Å². The van der Waals surface area contributed by atoms with E-state index in [2.05, 4.69) is 32.9 Å². The number of aromatic nitrogens is 1. The number of thiazole rings is 1. The van der Waals surface area contributed by atoms with E-state index in [1.54, 1.807) is 30.1 Å². The fraction of sp³-hybridized carbons (Fsp3) is 0.375. The Balaban J connectivity index is 1.67. The molecule has 0 aliphatic heterocycles. The van der Waals surface area contributed by atoms with Gasteiger partial charge in [-0.3, -0.25) is 4.99 Å². The van der Waals surface area contributed by atoms with Crippen LogP contribution in [0.2, 0.25) is 5.02 Å². The number of benzene rings is 1. The van der Waals surface area contributed by atoms with E-state index < -0.39 is 0 Å². The smallest absolute Gasteiger partial charge is 0.191 e. The summed E-state index contributed by atoms with van der Waals surface area (Å²) in [5, 5.41) is 10.6. The molecule has 2 aromatic rings. The van der Waals surface area contributed by atoms with E-state index in [4.69, 9.17) is 11.6 Å². The van der Waals surface area contributed by atoms with Crippen LogP contribution in [0.4, 0.5) is 0 Å². The second-order valence-electron chi connectivity index (χ2n) is 4.74. The van der Waals surface area contributed by atoms with E-state index in [0.29, 0.717) is 6.54 Å². The summed E-state index contributed by atoms with van der Waals surface area (Å²) in [4.78, 5) is 9.98. The molecule has 0 aliphatic carbocycles. The number of halogens is 1. The first-order valence-electron chi connectivity index (χ1n) is 7.47. The van der Waals surface area contributed by atoms with Gasteiger partial charge in [-0.15, -0.1) is 23.1 Å². The summed E-state index contributed by atoms with van der Waals surface area (Å²) in [5.41, 5.74) is 1.06. The molecule has 0 spiro atoms. The van der Waals surface area contributed by atoms with Gasteiger partial charge < -0.3 is 10.6 Å². The molecule has 1 heterocycles. The number of hydrogen-bond acceptors (Lipinski definition) is 4. The summed E-state index contributed by atoms with van der Waals surface area (Å²) in [6.07, 6.45) is 0.986. The predicted octanol–water partition coefficient (Wildman–Crippen LogP) is 3.82. The molecule has 23 heavy (non-hydrogen) atoms. The van der Waals surface area contributed by atoms with Gasteiger partial charge in [0.05, 0.1) is 17.2 Å². The third-order valence-electron chi connectivity index (χ3n) is 3.04. The molecule has 1 aromatic heterocycles. The number of aryl methyl sites for hydroxylation is 1. The molecule has 0 bridgehead atoms. The molecule has 0 saturated heterocycles. The quantitative estimate of drug-likeness (QED) is 0.337. The highest BCUT2D eigenvalue weighted by Crippen LogP contribution is 2.19. The second-order valence-corrected chi connectivity index (χ2v) is 7.29. The highest BCUT2D eigenvalue weighted by Gasteiger charge is 2.02. The zero-order valence-corrected chi connectivity index (χ0v) is 15.7. The van der Waals surface area contributed by atoms with Crippen LogP contribution in [0.1, 0.15) is 17.6 Å². The zero-order chi connectivity index (χ0) is 16.5. The van der Waals surface area contributed by atoms with E-state index in [1.807, 2.05) is 24.3 Å². The van der Waals surface area contributed by atoms with E-state index in [1.165, 1.54) is 9.90 Å². The summed E-state index contributed by atoms with van der Waals surface area (Å²) in [6, 6.07) is 7.90. The van der Waals surface area contributed by atoms with Crippen molar-refractivity contribution in [2.75, 3.05) is 19.3 Å². The minimum Gasteiger partial charge on any atom is -0.356 e. The lowest BCUT2D eigenvalue weighted by Crippen LogP contribution is -2.38. The van der Waals surface area contributed by atoms with Crippen molar-refractivity contribution in [1.29, 1.82) is 0 Å². The van der Waals surface area contributed by atoms with Crippen LogP contribution in [0.25, 0.3) is 0 Å². The average molecular weight is 369 g/mol. The summed E-state index contributed by atoms with van der Waals surface area (Å²) < 4.78 is 0. The van der Waals surface area contributed by atoms with Crippen LogP contribution in [0, 0.1) is 0 Å². The summed E-state index contributed by atoms with van der Waals surface area (Å²) in [7, 11) is 1.78. The Labute approximate surface area is 150 Å². The van der Waals surface area contributed by atoms with Crippen LogP contribution < -0.4 is 10.6 Å². The van der Waals surface area contributed by atoms with Crippen molar-refractivity contribution in [2.45, 2.75) is 24.8 Å². The van der Waals surface area contributed by atoms with Gasteiger partial charge in [-0.1, -0.05) is 18.5 Å². The standard InChI is InChI=1S/C16H21ClN4S2/c1-3-15-21-13(11-23-15)10-20-16(18-2)19-8-9-22-14-6-4-12(17)5-7-14/h4-7,11H,3,8-10H2,1-2H3,(H2,18,19,20). The fourth-order valence-electron chi connectivity index (χ4n) is 1.86. The van der Waals surface area contributed by atoms with Gasteiger partial charge in [-0.05, 0) is 30.7 Å². The molecule has 0 atom stereocenters. The number of rotatable bonds is 7. The monoisotopic (exact) mass is 368 g/mol. The molecule has 4 nitrogen and oxygen atoms in total. The van der Waals surface area contributed by atoms with E-state index >= 15 is 0 Å². The summed E-state index contributed by atoms with van der Waals surface area (Å²) >= 11 is 9.37. The maximum absolute atomic E-state index is 5.88. The minimum atomic E-state index is 0.695. The molecule has 1 aromatic carbocycles. The van der Waals surface area contributed by atoms with Crippen LogP contribution in [0.5, 0.6) is 0 Å². The Morgan fingerprint density at radius 1 is 1.30 bits per heavy atom. The zero-order valence-electron chi connectivity index (χ0n) is 13.3. The van der Waals surface area contributed by atoms with Crippen LogP contribution in [0.3, 0.4) is 0 Å². The Morgan fingerprint density at radius 2 is 2.09 bits per heavy atom. The van der Waals surface area contributed by atoms with Crippen molar-refractivity contribution in [3.63, 3.8) is 0 Å². The van der Waals surface area contributed by atoms with Crippen molar-refractivity contribution >= 4 is 40.7 Å². The van der Waals surface area contributed by atoms with E-state index in [0.717, 1.165) is 35.4 Å². The number of nitrogens with one attached hydrogen (secondary N) is 2. The lowest BCUT2D eigenvalue weighted by molar-refractivity contribution is 0.813. The van der Waals surface area contributed by atoms with Gasteiger partial charge in [0.15, 0.2) is 5.96 Å². The van der Waals surface area contributed by atoms with Crippen molar-refractivity contribution in [3.05, 3.63) is 45.4 Å². The van der Waals surface area contributed by atoms with Gasteiger partial charge in [-0.25, -0.2) is 4.98 Å². The number of guanidine groups is 1. The first kappa shape index (κ1) is 18.1. The average Bonchev–Trinajstić information content (AvgIpc) is 3.04. The van der Waals surface area contributed by atoms with Gasteiger partial charge >= 0.3 is 0 Å². The van der Waals surface area contributed by atoms with Crippen LogP contribution in [-0.2, 0) is 13.0 Å². The lowest BCUT2D eigenvalue weighted by Gasteiger charge is -2.10. The molecule has 0 saturated carbocycles. The normalized spacial score (nSPS) is 11.5. The molecule has 0 aliphatic rings. The summed E-state index contributed by atoms with van der Waals surface area (Å²) in [6.45, 7) is 3.65. The van der Waals surface area contributed by atoms with Crippen molar-refractivity contribution < 1.29 is 0 Å². The molecule has 0 fully saturated rings. The molecule has 2 N–H and O–H groups in total. The molecule has 2 rings (SSSR count). The molecule has 0 unspecified atom stereocenters. The Kier molecular flexibility index (Phi) is 7.71. The number of aliphatic imine (C=N–C) groups is 1. The number of thioether (sulfide) groups is 1. The highest BCUT2D eigenvalue weighted by atomic mass is 35.5. The van der Waals surface area contributed by atoms with E-state index in [-0.39, 0.29) is 0 Å². The molecule has 0 radical (unpaired) electrons. The fourth-order valence-corrected chi connectivity index (χ4v) is 3.50. The van der Waals surface area contributed by atoms with Crippen LogP contribution in [-0.4, -0.2) is 30.3 Å². The second kappa shape index (κ2) is 9.80. The third-order valence-corrected chi connectivity index (χ3v) is 5.35. The molecular weight excluding hydrogens is 348 g/mol. The van der Waals surface area contributed by atoms with Gasteiger partial charge in [0.1, 0.15) is 0 Å². The highest BCUT2D eigenvalue weighted by molar-refractivity contribution is 7.99. The number of nitrogens with zero attached hydrogens (tertiary/aromatic N) is 2. The maximum atomic E-state index is 5.88.